The summed E-state index contributed by atoms with van der Waals surface area (Å²) in [5.41, 5.74) is 2.24. The third-order valence-corrected chi connectivity index (χ3v) is 6.18. The predicted molar refractivity (Wildman–Crippen MR) is 90.1 cm³/mol. The number of carbonyl (C=O) groups is 1. The van der Waals surface area contributed by atoms with Crippen LogP contribution in [0.2, 0.25) is 0 Å². The van der Waals surface area contributed by atoms with E-state index in [1.54, 1.807) is 32.0 Å². The summed E-state index contributed by atoms with van der Waals surface area (Å²) in [7, 11) is -1.58. The van der Waals surface area contributed by atoms with Crippen LogP contribution in [0, 0.1) is 6.92 Å². The Hall–Kier alpha value is -2.08. The fourth-order valence-corrected chi connectivity index (χ4v) is 3.51. The van der Waals surface area contributed by atoms with Crippen molar-refractivity contribution in [1.29, 1.82) is 0 Å². The lowest BCUT2D eigenvalue weighted by molar-refractivity contribution is 0.0947. The van der Waals surface area contributed by atoms with Crippen molar-refractivity contribution in [3.05, 3.63) is 53.3 Å². The molecule has 0 saturated heterocycles. The highest BCUT2D eigenvalue weighted by molar-refractivity contribution is 7.92. The first kappa shape index (κ1) is 17.3. The van der Waals surface area contributed by atoms with Crippen LogP contribution >= 0.6 is 0 Å². The molecule has 1 heterocycles. The summed E-state index contributed by atoms with van der Waals surface area (Å²) in [4.78, 5) is 12.5. The quantitative estimate of drug-likeness (QED) is 0.913. The van der Waals surface area contributed by atoms with Crippen LogP contribution in [0.15, 0.2) is 41.3 Å². The summed E-state index contributed by atoms with van der Waals surface area (Å²) in [6, 6.07) is 10.2. The Balaban J connectivity index is 2.25. The van der Waals surface area contributed by atoms with Crippen LogP contribution < -0.4 is 5.32 Å². The first-order valence-electron chi connectivity index (χ1n) is 7.47. The molecule has 0 radical (unpaired) electrons. The van der Waals surface area contributed by atoms with Crippen LogP contribution in [0.25, 0.3) is 0 Å². The Labute approximate surface area is 137 Å². The first-order chi connectivity index (χ1) is 10.7. The molecule has 0 atom stereocenters. The fraction of sp³-hybridized carbons (Fsp3) is 0.353. The third-order valence-electron chi connectivity index (χ3n) is 3.97. The van der Waals surface area contributed by atoms with Gasteiger partial charge in [-0.05, 0) is 45.0 Å². The van der Waals surface area contributed by atoms with Crippen molar-refractivity contribution in [2.75, 3.05) is 0 Å². The maximum atomic E-state index is 12.4. The minimum atomic E-state index is -3.51. The molecular weight excluding hydrogens is 312 g/mol. The minimum absolute atomic E-state index is 0.0792. The average molecular weight is 334 g/mol. The molecule has 1 N–H and O–H groups in total. The number of nitrogens with one attached hydrogen (secondary N) is 1. The van der Waals surface area contributed by atoms with Crippen LogP contribution in [-0.2, 0) is 23.4 Å². The molecular formula is C17H22N2O3S. The highest BCUT2D eigenvalue weighted by atomic mass is 32.2. The van der Waals surface area contributed by atoms with E-state index in [1.165, 1.54) is 6.07 Å². The van der Waals surface area contributed by atoms with Crippen LogP contribution in [-0.4, -0.2) is 24.1 Å². The predicted octanol–water partition coefficient (Wildman–Crippen LogP) is 2.45. The number of carbonyl (C=O) groups excluding carboxylic acids is 1. The van der Waals surface area contributed by atoms with Crippen molar-refractivity contribution in [2.45, 2.75) is 37.5 Å². The van der Waals surface area contributed by atoms with Gasteiger partial charge in [-0.25, -0.2) is 8.42 Å². The van der Waals surface area contributed by atoms with Crippen LogP contribution in [0.1, 0.15) is 35.6 Å². The molecule has 2 aromatic rings. The monoisotopic (exact) mass is 334 g/mol. The second kappa shape index (κ2) is 6.58. The Bertz CT molecular complexity index is 820. The molecule has 2 rings (SSSR count). The highest BCUT2D eigenvalue weighted by Gasteiger charge is 2.25. The van der Waals surface area contributed by atoms with Crippen molar-refractivity contribution >= 4 is 15.7 Å². The van der Waals surface area contributed by atoms with E-state index < -0.39 is 15.1 Å². The van der Waals surface area contributed by atoms with Gasteiger partial charge in [0.15, 0.2) is 9.84 Å². The molecule has 5 nitrogen and oxygen atoms in total. The molecule has 0 unspecified atom stereocenters. The van der Waals surface area contributed by atoms with E-state index in [0.717, 1.165) is 11.4 Å². The summed E-state index contributed by atoms with van der Waals surface area (Å²) >= 11 is 0. The maximum absolute atomic E-state index is 12.4. The smallest absolute Gasteiger partial charge is 0.252 e. The molecule has 0 saturated carbocycles. The molecule has 0 spiro atoms. The van der Waals surface area contributed by atoms with Crippen LogP contribution in [0.5, 0.6) is 0 Å². The fourth-order valence-electron chi connectivity index (χ4n) is 2.27. The van der Waals surface area contributed by atoms with Crippen LogP contribution in [0.3, 0.4) is 0 Å². The first-order valence-corrected chi connectivity index (χ1v) is 9.02. The van der Waals surface area contributed by atoms with Gasteiger partial charge in [-0.1, -0.05) is 12.1 Å². The lowest BCUT2D eigenvalue weighted by atomic mass is 10.2. The van der Waals surface area contributed by atoms with Gasteiger partial charge in [0.05, 0.1) is 22.3 Å². The summed E-state index contributed by atoms with van der Waals surface area (Å²) in [6.45, 7) is 5.54. The van der Waals surface area contributed by atoms with E-state index >= 15 is 0 Å². The topological polar surface area (TPSA) is 68.2 Å². The Morgan fingerprint density at radius 2 is 1.83 bits per heavy atom. The Morgan fingerprint density at radius 1 is 1.17 bits per heavy atom. The zero-order chi connectivity index (χ0) is 17.2. The molecule has 0 bridgehead atoms. The second-order valence-electron chi connectivity index (χ2n) is 5.80. The number of hydrogen-bond donors (Lipinski definition) is 1. The van der Waals surface area contributed by atoms with Gasteiger partial charge in [-0.15, -0.1) is 0 Å². The highest BCUT2D eigenvalue weighted by Crippen LogP contribution is 2.20. The van der Waals surface area contributed by atoms with Crippen molar-refractivity contribution in [1.82, 2.24) is 9.88 Å². The lowest BCUT2D eigenvalue weighted by Crippen LogP contribution is -2.27. The number of rotatable bonds is 5. The average Bonchev–Trinajstić information content (AvgIpc) is 2.84. The zero-order valence-corrected chi connectivity index (χ0v) is 14.6. The second-order valence-corrected chi connectivity index (χ2v) is 8.27. The van der Waals surface area contributed by atoms with Crippen molar-refractivity contribution in [2.24, 2.45) is 7.05 Å². The minimum Gasteiger partial charge on any atom is -0.350 e. The van der Waals surface area contributed by atoms with E-state index in [2.05, 4.69) is 5.32 Å². The number of aryl methyl sites for hydroxylation is 1. The van der Waals surface area contributed by atoms with Gasteiger partial charge in [0.2, 0.25) is 0 Å². The van der Waals surface area contributed by atoms with Gasteiger partial charge >= 0.3 is 0 Å². The van der Waals surface area contributed by atoms with E-state index in [-0.39, 0.29) is 16.4 Å². The number of nitrogens with zero attached hydrogens (tertiary/aromatic N) is 1. The number of amides is 1. The Kier molecular flexibility index (Phi) is 4.94. The molecule has 23 heavy (non-hydrogen) atoms. The van der Waals surface area contributed by atoms with E-state index in [1.807, 2.05) is 30.7 Å². The molecule has 0 aliphatic rings. The van der Waals surface area contributed by atoms with E-state index in [0.29, 0.717) is 6.54 Å². The normalized spacial score (nSPS) is 11.7. The molecule has 124 valence electrons. The van der Waals surface area contributed by atoms with E-state index in [9.17, 15) is 13.2 Å². The van der Waals surface area contributed by atoms with Crippen molar-refractivity contribution < 1.29 is 13.2 Å². The standard InChI is InChI=1S/C17H22N2O3S/c1-12(2)23(21,22)16-8-6-5-7-15(16)17(20)18-11-14-10-9-13(3)19(14)4/h5-10,12H,11H2,1-4H3,(H,18,20). The summed E-state index contributed by atoms with van der Waals surface area (Å²) in [5.74, 6) is -0.385. The SMILES string of the molecule is Cc1ccc(CNC(=O)c2ccccc2S(=O)(=O)C(C)C)n1C. The Morgan fingerprint density at radius 3 is 2.39 bits per heavy atom. The number of benzene rings is 1. The molecule has 0 aliphatic carbocycles. The molecule has 0 aliphatic heterocycles. The maximum Gasteiger partial charge on any atom is 0.252 e. The number of aromatic nitrogens is 1. The van der Waals surface area contributed by atoms with Gasteiger partial charge in [-0.2, -0.15) is 0 Å². The molecule has 0 fully saturated rings. The van der Waals surface area contributed by atoms with Gasteiger partial charge in [0, 0.05) is 18.4 Å². The van der Waals surface area contributed by atoms with Gasteiger partial charge < -0.3 is 9.88 Å². The third kappa shape index (κ3) is 3.47. The van der Waals surface area contributed by atoms with Gasteiger partial charge in [-0.3, -0.25) is 4.79 Å². The molecule has 1 amide bonds. The summed E-state index contributed by atoms with van der Waals surface area (Å²) < 4.78 is 26.8. The van der Waals surface area contributed by atoms with Crippen LogP contribution in [0.4, 0.5) is 0 Å². The number of hydrogen-bond acceptors (Lipinski definition) is 3. The number of sulfone groups is 1. The molecule has 6 heteroatoms. The summed E-state index contributed by atoms with van der Waals surface area (Å²) in [5, 5.41) is 2.22. The van der Waals surface area contributed by atoms with Gasteiger partial charge in [0.25, 0.3) is 5.91 Å². The zero-order valence-electron chi connectivity index (χ0n) is 13.8. The van der Waals surface area contributed by atoms with Crippen molar-refractivity contribution in [3.63, 3.8) is 0 Å². The van der Waals surface area contributed by atoms with Gasteiger partial charge in [0.1, 0.15) is 0 Å². The molecule has 1 aromatic carbocycles. The van der Waals surface area contributed by atoms with E-state index in [4.69, 9.17) is 0 Å². The molecule has 1 aromatic heterocycles. The lowest BCUT2D eigenvalue weighted by Gasteiger charge is -2.13. The largest absolute Gasteiger partial charge is 0.350 e. The summed E-state index contributed by atoms with van der Waals surface area (Å²) in [6.07, 6.45) is 0. The van der Waals surface area contributed by atoms with Crippen molar-refractivity contribution in [3.8, 4) is 0 Å².